The van der Waals surface area contributed by atoms with E-state index in [-0.39, 0.29) is 21.0 Å². The van der Waals surface area contributed by atoms with Crippen LogP contribution >= 0.6 is 0 Å². The second-order valence-electron chi connectivity index (χ2n) is 6.67. The smallest absolute Gasteiger partial charge is 0.270 e. The first-order chi connectivity index (χ1) is 15.0. The number of hydrogen-bond donors (Lipinski definition) is 2. The number of non-ortho nitro benzene ring substituents is 1. The van der Waals surface area contributed by atoms with E-state index in [1.165, 1.54) is 50.4 Å². The number of rotatable bonds is 7. The van der Waals surface area contributed by atoms with Gasteiger partial charge in [-0.3, -0.25) is 14.8 Å². The third-order valence-electron chi connectivity index (χ3n) is 4.55. The predicted molar refractivity (Wildman–Crippen MR) is 115 cm³/mol. The van der Waals surface area contributed by atoms with Gasteiger partial charge in [0.05, 0.1) is 27.5 Å². The fraction of sp³-hybridized carbons (Fsp3) is 0.100. The molecule has 0 spiro atoms. The van der Waals surface area contributed by atoms with Crippen LogP contribution in [0.15, 0.2) is 75.4 Å². The molecule has 0 fully saturated rings. The molecule has 0 saturated heterocycles. The third-order valence-corrected chi connectivity index (χ3v) is 7.71. The Balaban J connectivity index is 2.05. The summed E-state index contributed by atoms with van der Waals surface area (Å²) in [4.78, 5) is 9.20. The molecular weight excluding hydrogens is 460 g/mol. The van der Waals surface area contributed by atoms with Crippen molar-refractivity contribution in [2.45, 2.75) is 21.6 Å². The number of nitro benzene ring substituents is 1. The fourth-order valence-electron chi connectivity index (χ4n) is 2.85. The van der Waals surface area contributed by atoms with Gasteiger partial charge in [0.15, 0.2) is 0 Å². The highest BCUT2D eigenvalue weighted by molar-refractivity contribution is 7.93. The number of anilines is 1. The number of aryl methyl sites for hydroxylation is 1. The molecular formula is C20H18N2O8S2. The molecule has 0 amide bonds. The molecule has 3 rings (SSSR count). The van der Waals surface area contributed by atoms with Crippen molar-refractivity contribution in [3.63, 3.8) is 0 Å². The lowest BCUT2D eigenvalue weighted by atomic mass is 10.2. The lowest BCUT2D eigenvalue weighted by Crippen LogP contribution is -2.15. The van der Waals surface area contributed by atoms with Gasteiger partial charge in [-0.15, -0.1) is 0 Å². The van der Waals surface area contributed by atoms with E-state index in [9.17, 15) is 32.1 Å². The van der Waals surface area contributed by atoms with Gasteiger partial charge in [-0.2, -0.15) is 0 Å². The number of nitro groups is 1. The number of nitrogens with one attached hydrogen (secondary N) is 1. The summed E-state index contributed by atoms with van der Waals surface area (Å²) in [5.74, 6) is -0.126. The lowest BCUT2D eigenvalue weighted by Gasteiger charge is -2.14. The van der Waals surface area contributed by atoms with Gasteiger partial charge >= 0.3 is 0 Å². The second-order valence-corrected chi connectivity index (χ2v) is 10.3. The molecule has 0 aromatic heterocycles. The molecule has 0 radical (unpaired) electrons. The average molecular weight is 479 g/mol. The highest BCUT2D eigenvalue weighted by Gasteiger charge is 2.25. The number of ether oxygens (including phenoxy) is 1. The first-order valence-corrected chi connectivity index (χ1v) is 11.9. The SMILES string of the molecule is COc1ccc(S(=O)(=O)c2cc(NS(=O)(=O)c3cccc([N+](=O)[O-])c3)c(C)cc2O)cc1. The monoisotopic (exact) mass is 478 g/mol. The van der Waals surface area contributed by atoms with Gasteiger partial charge in [0.25, 0.3) is 15.7 Å². The summed E-state index contributed by atoms with van der Waals surface area (Å²) < 4.78 is 58.8. The first kappa shape index (κ1) is 23.0. The fourth-order valence-corrected chi connectivity index (χ4v) is 5.36. The van der Waals surface area contributed by atoms with Gasteiger partial charge in [-0.25, -0.2) is 16.8 Å². The normalized spacial score (nSPS) is 11.7. The Labute approximate surface area is 184 Å². The molecule has 3 aromatic rings. The Hall–Kier alpha value is -3.64. The zero-order valence-electron chi connectivity index (χ0n) is 16.8. The van der Waals surface area contributed by atoms with Gasteiger partial charge < -0.3 is 9.84 Å². The van der Waals surface area contributed by atoms with Gasteiger partial charge in [-0.05, 0) is 55.0 Å². The molecule has 10 nitrogen and oxygen atoms in total. The highest BCUT2D eigenvalue weighted by Crippen LogP contribution is 2.35. The van der Waals surface area contributed by atoms with E-state index in [1.54, 1.807) is 0 Å². The number of sulfone groups is 1. The topological polar surface area (TPSA) is 153 Å². The van der Waals surface area contributed by atoms with E-state index in [1.807, 2.05) is 0 Å². The van der Waals surface area contributed by atoms with Crippen LogP contribution < -0.4 is 9.46 Å². The van der Waals surface area contributed by atoms with Crippen molar-refractivity contribution in [2.75, 3.05) is 11.8 Å². The van der Waals surface area contributed by atoms with E-state index in [0.717, 1.165) is 24.3 Å². The van der Waals surface area contributed by atoms with Crippen LogP contribution in [0.4, 0.5) is 11.4 Å². The molecule has 0 aliphatic rings. The number of sulfonamides is 1. The molecule has 12 heteroatoms. The Bertz CT molecular complexity index is 1400. The number of aromatic hydroxyl groups is 1. The number of hydrogen-bond acceptors (Lipinski definition) is 8. The van der Waals surface area contributed by atoms with Crippen LogP contribution in [0.3, 0.4) is 0 Å². The Kier molecular flexibility index (Phi) is 6.10. The number of benzene rings is 3. The summed E-state index contributed by atoms with van der Waals surface area (Å²) in [6.07, 6.45) is 0. The van der Waals surface area contributed by atoms with Crippen molar-refractivity contribution in [1.82, 2.24) is 0 Å². The van der Waals surface area contributed by atoms with Crippen molar-refractivity contribution in [3.05, 3.63) is 76.3 Å². The molecule has 0 bridgehead atoms. The predicted octanol–water partition coefficient (Wildman–Crippen LogP) is 3.25. The summed E-state index contributed by atoms with van der Waals surface area (Å²) in [7, 11) is -7.06. The summed E-state index contributed by atoms with van der Waals surface area (Å²) in [6.45, 7) is 1.47. The van der Waals surface area contributed by atoms with Crippen LogP contribution in [0.2, 0.25) is 0 Å². The van der Waals surface area contributed by atoms with Crippen LogP contribution in [0.5, 0.6) is 11.5 Å². The Morgan fingerprint density at radius 1 is 0.969 bits per heavy atom. The Morgan fingerprint density at radius 2 is 1.62 bits per heavy atom. The lowest BCUT2D eigenvalue weighted by molar-refractivity contribution is -0.385. The molecule has 0 saturated carbocycles. The highest BCUT2D eigenvalue weighted by atomic mass is 32.2. The molecule has 168 valence electrons. The standard InChI is InChI=1S/C20H18N2O8S2/c1-13-10-19(23)20(31(26,27)16-8-6-15(30-2)7-9-16)12-18(13)21-32(28,29)17-5-3-4-14(11-17)22(24)25/h3-12,21,23H,1-2H3. The summed E-state index contributed by atoms with van der Waals surface area (Å²) in [5.41, 5.74) is -0.287. The minimum absolute atomic E-state index is 0.110. The van der Waals surface area contributed by atoms with Crippen molar-refractivity contribution >= 4 is 31.2 Å². The zero-order chi connectivity index (χ0) is 23.7. The Morgan fingerprint density at radius 3 is 2.22 bits per heavy atom. The van der Waals surface area contributed by atoms with Crippen molar-refractivity contribution < 1.29 is 31.6 Å². The number of phenolic OH excluding ortho intramolecular Hbond substituents is 1. The summed E-state index contributed by atoms with van der Waals surface area (Å²) in [6, 6.07) is 12.0. The minimum atomic E-state index is -4.29. The van der Waals surface area contributed by atoms with Gasteiger partial charge in [0.2, 0.25) is 9.84 Å². The molecule has 0 aliphatic carbocycles. The maximum absolute atomic E-state index is 13.0. The van der Waals surface area contributed by atoms with Crippen LogP contribution in [0.25, 0.3) is 0 Å². The van der Waals surface area contributed by atoms with E-state index in [2.05, 4.69) is 4.72 Å². The van der Waals surface area contributed by atoms with Crippen LogP contribution in [0.1, 0.15) is 5.56 Å². The zero-order valence-corrected chi connectivity index (χ0v) is 18.5. The van der Waals surface area contributed by atoms with Crippen LogP contribution in [-0.4, -0.2) is 34.0 Å². The molecule has 2 N–H and O–H groups in total. The quantitative estimate of drug-likeness (QED) is 0.298. The van der Waals surface area contributed by atoms with Gasteiger partial charge in [0.1, 0.15) is 16.4 Å². The van der Waals surface area contributed by atoms with E-state index in [4.69, 9.17) is 4.74 Å². The maximum atomic E-state index is 13.0. The minimum Gasteiger partial charge on any atom is -0.507 e. The number of nitrogens with zero attached hydrogens (tertiary/aromatic N) is 1. The second kappa shape index (κ2) is 8.48. The molecule has 0 unspecified atom stereocenters. The summed E-state index contributed by atoms with van der Waals surface area (Å²) in [5, 5.41) is 21.2. The van der Waals surface area contributed by atoms with E-state index in [0.29, 0.717) is 5.75 Å². The third kappa shape index (κ3) is 4.50. The van der Waals surface area contributed by atoms with E-state index >= 15 is 0 Å². The molecule has 3 aromatic carbocycles. The van der Waals surface area contributed by atoms with Crippen molar-refractivity contribution in [1.29, 1.82) is 0 Å². The van der Waals surface area contributed by atoms with Gasteiger partial charge in [-0.1, -0.05) is 6.07 Å². The largest absolute Gasteiger partial charge is 0.507 e. The van der Waals surface area contributed by atoms with Crippen LogP contribution in [-0.2, 0) is 19.9 Å². The van der Waals surface area contributed by atoms with Crippen molar-refractivity contribution in [3.8, 4) is 11.5 Å². The maximum Gasteiger partial charge on any atom is 0.270 e. The molecule has 0 heterocycles. The van der Waals surface area contributed by atoms with Crippen molar-refractivity contribution in [2.24, 2.45) is 0 Å². The van der Waals surface area contributed by atoms with Crippen LogP contribution in [0, 0.1) is 17.0 Å². The number of phenols is 1. The first-order valence-electron chi connectivity index (χ1n) is 8.96. The summed E-state index contributed by atoms with van der Waals surface area (Å²) >= 11 is 0. The molecule has 0 atom stereocenters. The van der Waals surface area contributed by atoms with Gasteiger partial charge in [0, 0.05) is 12.1 Å². The van der Waals surface area contributed by atoms with E-state index < -0.39 is 41.1 Å². The molecule has 0 aliphatic heterocycles. The molecule has 32 heavy (non-hydrogen) atoms. The number of methoxy groups -OCH3 is 1. The average Bonchev–Trinajstić information content (AvgIpc) is 2.75.